The van der Waals surface area contributed by atoms with Gasteiger partial charge in [-0.2, -0.15) is 0 Å². The van der Waals surface area contributed by atoms with Gasteiger partial charge in [0.2, 0.25) is 0 Å². The highest BCUT2D eigenvalue weighted by atomic mass is 16.5. The van der Waals surface area contributed by atoms with Gasteiger partial charge in [0.05, 0.1) is 0 Å². The second-order valence-electron chi connectivity index (χ2n) is 7.65. The van der Waals surface area contributed by atoms with Crippen molar-refractivity contribution in [2.45, 2.75) is 19.8 Å². The largest absolute Gasteiger partial charge is 0.457 e. The van der Waals surface area contributed by atoms with Gasteiger partial charge in [0.1, 0.15) is 17.3 Å². The van der Waals surface area contributed by atoms with Crippen molar-refractivity contribution in [3.63, 3.8) is 0 Å². The Bertz CT molecular complexity index is 1220. The van der Waals surface area contributed by atoms with Crippen molar-refractivity contribution in [2.24, 2.45) is 0 Å². The van der Waals surface area contributed by atoms with E-state index >= 15 is 0 Å². The summed E-state index contributed by atoms with van der Waals surface area (Å²) in [6, 6.07) is 23.0. The smallest absolute Gasteiger partial charge is 0.256 e. The summed E-state index contributed by atoms with van der Waals surface area (Å²) in [6.45, 7) is 4.30. The van der Waals surface area contributed by atoms with Crippen molar-refractivity contribution in [3.05, 3.63) is 90.1 Å². The molecule has 1 amide bonds. The average molecular weight is 412 g/mol. The molecule has 0 saturated carbocycles. The normalized spacial score (nSPS) is 10.8. The lowest BCUT2D eigenvalue weighted by molar-refractivity contribution is 0.102. The van der Waals surface area contributed by atoms with E-state index in [0.717, 1.165) is 22.3 Å². The lowest BCUT2D eigenvalue weighted by Crippen LogP contribution is -2.12. The van der Waals surface area contributed by atoms with Crippen molar-refractivity contribution >= 4 is 28.2 Å². The summed E-state index contributed by atoms with van der Waals surface area (Å²) in [5.74, 6) is 2.44. The molecule has 0 saturated heterocycles. The van der Waals surface area contributed by atoms with Crippen LogP contribution in [0.3, 0.4) is 0 Å². The highest BCUT2D eigenvalue weighted by Crippen LogP contribution is 2.28. The zero-order valence-corrected chi connectivity index (χ0v) is 17.8. The highest BCUT2D eigenvalue weighted by Gasteiger charge is 2.12. The Morgan fingerprint density at radius 2 is 1.71 bits per heavy atom. The van der Waals surface area contributed by atoms with Crippen LogP contribution >= 0.6 is 0 Å². The van der Waals surface area contributed by atoms with E-state index in [9.17, 15) is 4.79 Å². The van der Waals surface area contributed by atoms with Crippen molar-refractivity contribution in [2.75, 3.05) is 17.7 Å². The number of hydrogen-bond acceptors (Lipinski definition) is 4. The van der Waals surface area contributed by atoms with Gasteiger partial charge in [-0.25, -0.2) is 4.98 Å². The van der Waals surface area contributed by atoms with Crippen LogP contribution in [-0.4, -0.2) is 17.9 Å². The molecule has 0 radical (unpaired) electrons. The first-order valence-electron chi connectivity index (χ1n) is 10.3. The number of benzene rings is 3. The Morgan fingerprint density at radius 1 is 0.935 bits per heavy atom. The van der Waals surface area contributed by atoms with E-state index < -0.39 is 0 Å². The third kappa shape index (κ3) is 4.67. The van der Waals surface area contributed by atoms with Crippen LogP contribution in [0.25, 0.3) is 10.8 Å². The van der Waals surface area contributed by atoms with Crippen LogP contribution in [0.4, 0.5) is 11.5 Å². The molecule has 0 aliphatic carbocycles. The number of carbonyl (C=O) groups excluding carboxylic acids is 1. The number of fused-ring (bicyclic) bond motifs is 1. The molecule has 4 rings (SSSR count). The van der Waals surface area contributed by atoms with Crippen LogP contribution in [0.1, 0.15) is 35.7 Å². The zero-order chi connectivity index (χ0) is 21.8. The molecule has 31 heavy (non-hydrogen) atoms. The number of nitrogens with one attached hydrogen (secondary N) is 2. The molecular weight excluding hydrogens is 386 g/mol. The summed E-state index contributed by atoms with van der Waals surface area (Å²) in [4.78, 5) is 17.1. The summed E-state index contributed by atoms with van der Waals surface area (Å²) < 4.78 is 5.97. The molecule has 0 aliphatic rings. The molecule has 0 spiro atoms. The van der Waals surface area contributed by atoms with Gasteiger partial charge in [0.25, 0.3) is 5.91 Å². The van der Waals surface area contributed by atoms with E-state index in [0.29, 0.717) is 23.0 Å². The van der Waals surface area contributed by atoms with E-state index in [2.05, 4.69) is 29.5 Å². The molecule has 5 nitrogen and oxygen atoms in total. The van der Waals surface area contributed by atoms with E-state index in [1.54, 1.807) is 12.3 Å². The van der Waals surface area contributed by atoms with Crippen molar-refractivity contribution in [3.8, 4) is 11.5 Å². The summed E-state index contributed by atoms with van der Waals surface area (Å²) in [6.07, 6.45) is 1.69. The van der Waals surface area contributed by atoms with Crippen molar-refractivity contribution in [1.82, 2.24) is 4.98 Å². The molecule has 0 unspecified atom stereocenters. The van der Waals surface area contributed by atoms with Gasteiger partial charge < -0.3 is 15.4 Å². The van der Waals surface area contributed by atoms with E-state index in [-0.39, 0.29) is 5.91 Å². The third-order valence-corrected chi connectivity index (χ3v) is 5.15. The minimum absolute atomic E-state index is 0.135. The number of anilines is 2. The van der Waals surface area contributed by atoms with Crippen LogP contribution in [0, 0.1) is 0 Å². The van der Waals surface area contributed by atoms with Gasteiger partial charge in [-0.05, 0) is 64.7 Å². The minimum atomic E-state index is -0.135. The first kappa shape index (κ1) is 20.4. The minimum Gasteiger partial charge on any atom is -0.457 e. The maximum Gasteiger partial charge on any atom is 0.256 e. The molecule has 156 valence electrons. The molecular formula is C26H25N3O2. The Morgan fingerprint density at radius 3 is 2.45 bits per heavy atom. The first-order valence-corrected chi connectivity index (χ1v) is 10.3. The van der Waals surface area contributed by atoms with E-state index in [4.69, 9.17) is 4.74 Å². The van der Waals surface area contributed by atoms with Gasteiger partial charge >= 0.3 is 0 Å². The van der Waals surface area contributed by atoms with Crippen LogP contribution in [-0.2, 0) is 0 Å². The fourth-order valence-electron chi connectivity index (χ4n) is 3.42. The quantitative estimate of drug-likeness (QED) is 0.383. The van der Waals surface area contributed by atoms with Crippen molar-refractivity contribution < 1.29 is 9.53 Å². The maximum absolute atomic E-state index is 12.9. The van der Waals surface area contributed by atoms with Gasteiger partial charge in [0, 0.05) is 30.6 Å². The fraction of sp³-hybridized carbons (Fsp3) is 0.154. The summed E-state index contributed by atoms with van der Waals surface area (Å²) in [5, 5.41) is 7.80. The van der Waals surface area contributed by atoms with E-state index in [1.165, 1.54) is 5.56 Å². The third-order valence-electron chi connectivity index (χ3n) is 5.15. The monoisotopic (exact) mass is 411 g/mol. The molecule has 1 heterocycles. The SMILES string of the molecule is CNc1cc(Oc2ccc3c(C(=O)Nc4ccc(C(C)C)cc4)cccc3c2)ccn1. The summed E-state index contributed by atoms with van der Waals surface area (Å²) in [5.41, 5.74) is 2.65. The second kappa shape index (κ2) is 8.88. The first-order chi connectivity index (χ1) is 15.0. The number of amides is 1. The number of carbonyl (C=O) groups is 1. The lowest BCUT2D eigenvalue weighted by Gasteiger charge is -2.11. The Kier molecular flexibility index (Phi) is 5.85. The number of aromatic nitrogens is 1. The molecule has 0 aliphatic heterocycles. The van der Waals surface area contributed by atoms with Crippen molar-refractivity contribution in [1.29, 1.82) is 0 Å². The van der Waals surface area contributed by atoms with Gasteiger partial charge in [0.15, 0.2) is 0 Å². The highest BCUT2D eigenvalue weighted by molar-refractivity contribution is 6.13. The van der Waals surface area contributed by atoms with Crippen LogP contribution in [0.5, 0.6) is 11.5 Å². The van der Waals surface area contributed by atoms with Gasteiger partial charge in [-0.1, -0.05) is 38.1 Å². The molecule has 3 aromatic carbocycles. The topological polar surface area (TPSA) is 63.2 Å². The number of rotatable bonds is 6. The molecule has 2 N–H and O–H groups in total. The molecule has 5 heteroatoms. The van der Waals surface area contributed by atoms with Gasteiger partial charge in [-0.15, -0.1) is 0 Å². The Hall–Kier alpha value is -3.86. The standard InChI is InChI=1S/C26H25N3O2/c1-17(2)18-7-9-20(10-8-18)29-26(30)24-6-4-5-19-15-21(11-12-23(19)24)31-22-13-14-28-25(16-22)27-3/h4-17H,1-3H3,(H,27,28)(H,29,30). The molecule has 0 atom stereocenters. The Labute approximate surface area is 182 Å². The van der Waals surface area contributed by atoms with Crippen LogP contribution in [0.15, 0.2) is 79.0 Å². The predicted octanol–water partition coefficient (Wildman–Crippen LogP) is 6.44. The zero-order valence-electron chi connectivity index (χ0n) is 17.8. The molecule has 0 fully saturated rings. The molecule has 0 bridgehead atoms. The fourth-order valence-corrected chi connectivity index (χ4v) is 3.42. The number of ether oxygens (including phenoxy) is 1. The predicted molar refractivity (Wildman–Crippen MR) is 126 cm³/mol. The number of hydrogen-bond donors (Lipinski definition) is 2. The van der Waals surface area contributed by atoms with E-state index in [1.807, 2.05) is 73.8 Å². The van der Waals surface area contributed by atoms with Crippen LogP contribution in [0.2, 0.25) is 0 Å². The Balaban J connectivity index is 1.56. The number of nitrogens with zero attached hydrogens (tertiary/aromatic N) is 1. The molecule has 4 aromatic rings. The maximum atomic E-state index is 12.9. The number of pyridine rings is 1. The van der Waals surface area contributed by atoms with Crippen LogP contribution < -0.4 is 15.4 Å². The molecule has 1 aromatic heterocycles. The van der Waals surface area contributed by atoms with Gasteiger partial charge in [-0.3, -0.25) is 4.79 Å². The summed E-state index contributed by atoms with van der Waals surface area (Å²) >= 11 is 0. The average Bonchev–Trinajstić information content (AvgIpc) is 2.79. The second-order valence-corrected chi connectivity index (χ2v) is 7.65. The lowest BCUT2D eigenvalue weighted by atomic mass is 10.0. The summed E-state index contributed by atoms with van der Waals surface area (Å²) in [7, 11) is 1.81.